The molecule has 6 nitrogen and oxygen atoms in total. The number of hydrogen-bond acceptors (Lipinski definition) is 5. The highest BCUT2D eigenvalue weighted by molar-refractivity contribution is 5.97. The van der Waals surface area contributed by atoms with Crippen LogP contribution in [-0.2, 0) is 0 Å². The Balaban J connectivity index is 2.12. The van der Waals surface area contributed by atoms with E-state index in [4.69, 9.17) is 5.84 Å². The third kappa shape index (κ3) is 3.91. The molecular weight excluding hydrogens is 266 g/mol. The number of nitrogens with two attached hydrogens (primary N) is 1. The third-order valence-electron chi connectivity index (χ3n) is 4.05. The number of carbonyl (C=O) groups is 1. The molecule has 1 saturated carbocycles. The summed E-state index contributed by atoms with van der Waals surface area (Å²) in [5, 5.41) is 3.07. The van der Waals surface area contributed by atoms with Crippen molar-refractivity contribution in [2.45, 2.75) is 58.4 Å². The van der Waals surface area contributed by atoms with E-state index in [1.807, 2.05) is 13.8 Å². The maximum atomic E-state index is 12.5. The van der Waals surface area contributed by atoms with Gasteiger partial charge in [0.15, 0.2) is 5.69 Å². The van der Waals surface area contributed by atoms with Gasteiger partial charge in [-0.25, -0.2) is 9.97 Å². The molecule has 1 fully saturated rings. The Morgan fingerprint density at radius 1 is 1.33 bits per heavy atom. The third-order valence-corrected chi connectivity index (χ3v) is 4.05. The summed E-state index contributed by atoms with van der Waals surface area (Å²) in [5.41, 5.74) is 3.29. The first-order valence-electron chi connectivity index (χ1n) is 7.65. The fraction of sp³-hybridized carbons (Fsp3) is 0.667. The number of nitrogens with zero attached hydrogens (tertiary/aromatic N) is 2. The van der Waals surface area contributed by atoms with Crippen LogP contribution in [-0.4, -0.2) is 21.9 Å². The zero-order valence-electron chi connectivity index (χ0n) is 13.0. The van der Waals surface area contributed by atoms with Crippen LogP contribution in [0.5, 0.6) is 0 Å². The van der Waals surface area contributed by atoms with Crippen LogP contribution < -0.4 is 16.6 Å². The highest BCUT2D eigenvalue weighted by atomic mass is 16.2. The van der Waals surface area contributed by atoms with Crippen LogP contribution in [0, 0.1) is 5.92 Å². The lowest BCUT2D eigenvalue weighted by molar-refractivity contribution is 0.0918. The second-order valence-corrected chi connectivity index (χ2v) is 6.22. The van der Waals surface area contributed by atoms with E-state index < -0.39 is 0 Å². The van der Waals surface area contributed by atoms with E-state index in [0.717, 1.165) is 31.6 Å². The van der Waals surface area contributed by atoms with Gasteiger partial charge in [-0.3, -0.25) is 10.6 Å². The molecule has 0 saturated heterocycles. The summed E-state index contributed by atoms with van der Waals surface area (Å²) in [6, 6.07) is 0.233. The molecule has 0 aliphatic heterocycles. The van der Waals surface area contributed by atoms with Crippen LogP contribution in [0.3, 0.4) is 0 Å². The number of hydrogen-bond donors (Lipinski definition) is 3. The largest absolute Gasteiger partial charge is 0.348 e. The van der Waals surface area contributed by atoms with Gasteiger partial charge in [0.05, 0.1) is 11.9 Å². The quantitative estimate of drug-likeness (QED) is 0.584. The number of nitrogens with one attached hydrogen (secondary N) is 2. The Morgan fingerprint density at radius 2 is 2.00 bits per heavy atom. The van der Waals surface area contributed by atoms with Gasteiger partial charge in [-0.05, 0) is 31.6 Å². The monoisotopic (exact) mass is 291 g/mol. The molecule has 1 aromatic heterocycles. The van der Waals surface area contributed by atoms with Crippen molar-refractivity contribution in [1.29, 1.82) is 0 Å². The molecule has 4 N–H and O–H groups in total. The molecule has 0 bridgehead atoms. The van der Waals surface area contributed by atoms with Crippen LogP contribution in [0.4, 0.5) is 5.69 Å². The molecule has 1 aromatic rings. The van der Waals surface area contributed by atoms with E-state index in [-0.39, 0.29) is 17.9 Å². The SMILES string of the molecule is CC1CCC(NC(=O)c2nc(C(C)C)ncc2NN)CC1. The minimum atomic E-state index is -0.174. The Kier molecular flexibility index (Phi) is 5.12. The molecule has 1 aliphatic carbocycles. The van der Waals surface area contributed by atoms with Gasteiger partial charge in [-0.2, -0.15) is 0 Å². The zero-order valence-corrected chi connectivity index (χ0v) is 13.0. The Morgan fingerprint density at radius 3 is 2.57 bits per heavy atom. The lowest BCUT2D eigenvalue weighted by Crippen LogP contribution is -2.38. The molecule has 1 amide bonds. The minimum Gasteiger partial charge on any atom is -0.348 e. The Hall–Kier alpha value is -1.69. The van der Waals surface area contributed by atoms with Gasteiger partial charge in [0.2, 0.25) is 0 Å². The lowest BCUT2D eigenvalue weighted by Gasteiger charge is -2.27. The van der Waals surface area contributed by atoms with E-state index in [9.17, 15) is 4.79 Å². The van der Waals surface area contributed by atoms with E-state index in [1.165, 1.54) is 0 Å². The molecule has 0 atom stereocenters. The molecule has 0 spiro atoms. The van der Waals surface area contributed by atoms with Crippen molar-refractivity contribution in [3.63, 3.8) is 0 Å². The van der Waals surface area contributed by atoms with Gasteiger partial charge in [0, 0.05) is 12.0 Å². The Bertz CT molecular complexity index is 495. The molecular formula is C15H25N5O. The molecule has 116 valence electrons. The van der Waals surface area contributed by atoms with Crippen molar-refractivity contribution >= 4 is 11.6 Å². The summed E-state index contributed by atoms with van der Waals surface area (Å²) in [6.45, 7) is 6.25. The summed E-state index contributed by atoms with van der Waals surface area (Å²) >= 11 is 0. The first kappa shape index (κ1) is 15.7. The van der Waals surface area contributed by atoms with Gasteiger partial charge in [0.1, 0.15) is 5.82 Å². The Labute approximate surface area is 125 Å². The van der Waals surface area contributed by atoms with Crippen LogP contribution in [0.25, 0.3) is 0 Å². The molecule has 0 radical (unpaired) electrons. The summed E-state index contributed by atoms with van der Waals surface area (Å²) in [6.07, 6.45) is 5.95. The molecule has 1 heterocycles. The zero-order chi connectivity index (χ0) is 15.4. The molecule has 1 aliphatic rings. The fourth-order valence-corrected chi connectivity index (χ4v) is 2.61. The van der Waals surface area contributed by atoms with E-state index in [0.29, 0.717) is 17.2 Å². The topological polar surface area (TPSA) is 92.9 Å². The van der Waals surface area contributed by atoms with Crippen molar-refractivity contribution in [2.24, 2.45) is 11.8 Å². The smallest absolute Gasteiger partial charge is 0.272 e. The first-order chi connectivity index (χ1) is 10.0. The first-order valence-corrected chi connectivity index (χ1v) is 7.65. The van der Waals surface area contributed by atoms with Crippen LogP contribution in [0.2, 0.25) is 0 Å². The van der Waals surface area contributed by atoms with Crippen molar-refractivity contribution in [3.05, 3.63) is 17.7 Å². The lowest BCUT2D eigenvalue weighted by atomic mass is 9.87. The predicted molar refractivity (Wildman–Crippen MR) is 82.8 cm³/mol. The van der Waals surface area contributed by atoms with Crippen LogP contribution in [0.1, 0.15) is 68.7 Å². The van der Waals surface area contributed by atoms with Gasteiger partial charge < -0.3 is 10.7 Å². The molecule has 6 heteroatoms. The summed E-state index contributed by atoms with van der Waals surface area (Å²) in [7, 11) is 0. The number of amides is 1. The van der Waals surface area contributed by atoms with Crippen molar-refractivity contribution in [3.8, 4) is 0 Å². The predicted octanol–water partition coefficient (Wildman–Crippen LogP) is 2.19. The minimum absolute atomic E-state index is 0.166. The summed E-state index contributed by atoms with van der Waals surface area (Å²) in [4.78, 5) is 21.0. The molecule has 2 rings (SSSR count). The van der Waals surface area contributed by atoms with Crippen LogP contribution in [0.15, 0.2) is 6.20 Å². The van der Waals surface area contributed by atoms with E-state index in [1.54, 1.807) is 6.20 Å². The van der Waals surface area contributed by atoms with Gasteiger partial charge >= 0.3 is 0 Å². The van der Waals surface area contributed by atoms with Crippen molar-refractivity contribution < 1.29 is 4.79 Å². The number of anilines is 1. The number of rotatable bonds is 4. The van der Waals surface area contributed by atoms with Crippen molar-refractivity contribution in [1.82, 2.24) is 15.3 Å². The maximum Gasteiger partial charge on any atom is 0.272 e. The number of hydrazine groups is 1. The number of carbonyl (C=O) groups excluding carboxylic acids is 1. The van der Waals surface area contributed by atoms with E-state index >= 15 is 0 Å². The molecule has 0 aromatic carbocycles. The molecule has 0 unspecified atom stereocenters. The molecule has 21 heavy (non-hydrogen) atoms. The van der Waals surface area contributed by atoms with E-state index in [2.05, 4.69) is 27.6 Å². The van der Waals surface area contributed by atoms with Gasteiger partial charge in [0.25, 0.3) is 5.91 Å². The average Bonchev–Trinajstić information content (AvgIpc) is 2.48. The van der Waals surface area contributed by atoms with Gasteiger partial charge in [-0.15, -0.1) is 0 Å². The highest BCUT2D eigenvalue weighted by Crippen LogP contribution is 2.24. The summed E-state index contributed by atoms with van der Waals surface area (Å²) < 4.78 is 0. The normalized spacial score (nSPS) is 22.1. The fourth-order valence-electron chi connectivity index (χ4n) is 2.61. The van der Waals surface area contributed by atoms with Crippen molar-refractivity contribution in [2.75, 3.05) is 5.43 Å². The number of nitrogen functional groups attached to an aromatic ring is 1. The standard InChI is InChI=1S/C15H25N5O/c1-9(2)14-17-8-12(20-16)13(19-14)15(21)18-11-6-4-10(3)5-7-11/h8-11,20H,4-7,16H2,1-3H3,(H,18,21). The van der Waals surface area contributed by atoms with Crippen LogP contribution >= 0.6 is 0 Å². The van der Waals surface area contributed by atoms with Gasteiger partial charge in [-0.1, -0.05) is 20.8 Å². The number of aromatic nitrogens is 2. The average molecular weight is 291 g/mol. The second kappa shape index (κ2) is 6.85. The maximum absolute atomic E-state index is 12.5. The second-order valence-electron chi connectivity index (χ2n) is 6.22. The summed E-state index contributed by atoms with van der Waals surface area (Å²) in [5.74, 6) is 6.85. The highest BCUT2D eigenvalue weighted by Gasteiger charge is 2.23.